The maximum absolute atomic E-state index is 12.7. The van der Waals surface area contributed by atoms with E-state index in [1.54, 1.807) is 31.2 Å². The van der Waals surface area contributed by atoms with Crippen LogP contribution in [-0.2, 0) is 6.42 Å². The summed E-state index contributed by atoms with van der Waals surface area (Å²) in [7, 11) is 0. The topological polar surface area (TPSA) is 110 Å². The second-order valence-corrected chi connectivity index (χ2v) is 7.75. The summed E-state index contributed by atoms with van der Waals surface area (Å²) in [6.45, 7) is 5.93. The average Bonchev–Trinajstić information content (AvgIpc) is 2.90. The number of carbonyl (C=O) groups is 2. The van der Waals surface area contributed by atoms with Gasteiger partial charge in [-0.1, -0.05) is 37.6 Å². The number of hydrogen-bond acceptors (Lipinski definition) is 4. The van der Waals surface area contributed by atoms with E-state index in [0.717, 1.165) is 5.56 Å². The number of amides is 3. The highest BCUT2D eigenvalue weighted by Crippen LogP contribution is 2.39. The number of furan rings is 1. The lowest BCUT2D eigenvalue weighted by molar-refractivity contribution is 0.0993. The molecule has 1 aromatic heterocycles. The number of fused-ring (bicyclic) bond motifs is 1. The van der Waals surface area contributed by atoms with Crippen LogP contribution in [0.25, 0.3) is 0 Å². The number of carbonyl (C=O) groups excluding carboxylic acids is 2. The van der Waals surface area contributed by atoms with Crippen LogP contribution in [0.15, 0.2) is 33.8 Å². The number of hydrogen-bond donors (Lipinski definition) is 3. The Morgan fingerprint density at radius 3 is 2.63 bits per heavy atom. The monoisotopic (exact) mass is 388 g/mol. The van der Waals surface area contributed by atoms with Crippen molar-refractivity contribution < 1.29 is 14.0 Å². The number of anilines is 1. The van der Waals surface area contributed by atoms with E-state index in [1.165, 1.54) is 0 Å². The van der Waals surface area contributed by atoms with Gasteiger partial charge in [0.25, 0.3) is 5.91 Å². The van der Waals surface area contributed by atoms with Gasteiger partial charge in [0.2, 0.25) is 0 Å². The van der Waals surface area contributed by atoms with Crippen LogP contribution in [0.5, 0.6) is 0 Å². The summed E-state index contributed by atoms with van der Waals surface area (Å²) in [5.41, 5.74) is 9.82. The van der Waals surface area contributed by atoms with Crippen LogP contribution in [0.2, 0.25) is 5.02 Å². The summed E-state index contributed by atoms with van der Waals surface area (Å²) >= 11 is 6.11. The summed E-state index contributed by atoms with van der Waals surface area (Å²) < 4.78 is 5.90. The van der Waals surface area contributed by atoms with E-state index in [-0.39, 0.29) is 11.2 Å². The van der Waals surface area contributed by atoms with Crippen LogP contribution >= 0.6 is 11.6 Å². The lowest BCUT2D eigenvalue weighted by atomic mass is 9.75. The van der Waals surface area contributed by atoms with Gasteiger partial charge in [0.05, 0.1) is 16.4 Å². The molecular weight excluding hydrogens is 368 g/mol. The Labute approximate surface area is 161 Å². The summed E-state index contributed by atoms with van der Waals surface area (Å²) in [5.74, 6) is 0.470. The van der Waals surface area contributed by atoms with E-state index in [4.69, 9.17) is 21.8 Å². The van der Waals surface area contributed by atoms with E-state index in [2.05, 4.69) is 29.7 Å². The zero-order valence-electron chi connectivity index (χ0n) is 15.4. The molecule has 0 atom stereocenters. The molecule has 3 amide bonds. The van der Waals surface area contributed by atoms with Crippen molar-refractivity contribution in [2.45, 2.75) is 33.6 Å². The Balaban J connectivity index is 1.98. The lowest BCUT2D eigenvalue weighted by Gasteiger charge is -2.29. The number of para-hydroxylation sites is 1. The Hall–Kier alpha value is -2.80. The van der Waals surface area contributed by atoms with E-state index >= 15 is 0 Å². The molecule has 4 N–H and O–H groups in total. The van der Waals surface area contributed by atoms with Crippen molar-refractivity contribution in [3.63, 3.8) is 0 Å². The quantitative estimate of drug-likeness (QED) is 0.694. The molecule has 0 radical (unpaired) electrons. The third kappa shape index (κ3) is 3.98. The highest BCUT2D eigenvalue weighted by Gasteiger charge is 2.36. The first kappa shape index (κ1) is 19.0. The van der Waals surface area contributed by atoms with Crippen molar-refractivity contribution in [1.29, 1.82) is 0 Å². The molecule has 1 aromatic carbocycles. The highest BCUT2D eigenvalue weighted by atomic mass is 35.5. The second-order valence-electron chi connectivity index (χ2n) is 7.34. The molecule has 0 spiro atoms. The number of nitrogens with one attached hydrogen (secondary N) is 2. The standard InChI is InChI=1S/C19H21ClN4O3/c1-10-15-13(23-24-18(21)26)8-19(2,3)9-14(15)27-16(10)17(25)22-12-7-5-4-6-11(12)20/h4-7H,8-9H2,1-3H3,(H,22,25)(H3,21,24,26)/b23-13-. The number of hydrazone groups is 1. The van der Waals surface area contributed by atoms with Crippen molar-refractivity contribution >= 4 is 34.9 Å². The molecule has 2 aromatic rings. The van der Waals surface area contributed by atoms with Gasteiger partial charge in [-0.3, -0.25) is 4.79 Å². The van der Waals surface area contributed by atoms with Crippen molar-refractivity contribution in [3.8, 4) is 0 Å². The summed E-state index contributed by atoms with van der Waals surface area (Å²) in [4.78, 5) is 23.8. The number of rotatable bonds is 3. The van der Waals surface area contributed by atoms with Crippen LogP contribution in [0, 0.1) is 12.3 Å². The number of primary amides is 1. The number of halogens is 1. The van der Waals surface area contributed by atoms with Gasteiger partial charge in [-0.15, -0.1) is 0 Å². The molecule has 0 bridgehead atoms. The summed E-state index contributed by atoms with van der Waals surface area (Å²) in [5, 5.41) is 7.34. The second kappa shape index (κ2) is 7.08. The molecule has 0 unspecified atom stereocenters. The molecule has 0 saturated carbocycles. The minimum absolute atomic E-state index is 0.133. The van der Waals surface area contributed by atoms with Gasteiger partial charge in [-0.25, -0.2) is 10.2 Å². The largest absolute Gasteiger partial charge is 0.455 e. The predicted octanol–water partition coefficient (Wildman–Crippen LogP) is 3.84. The predicted molar refractivity (Wildman–Crippen MR) is 104 cm³/mol. The molecule has 142 valence electrons. The molecular formula is C19H21ClN4O3. The number of nitrogens with zero attached hydrogens (tertiary/aromatic N) is 1. The lowest BCUT2D eigenvalue weighted by Crippen LogP contribution is -2.31. The minimum atomic E-state index is -0.745. The first-order chi connectivity index (χ1) is 12.7. The molecule has 1 heterocycles. The van der Waals surface area contributed by atoms with Crippen LogP contribution in [-0.4, -0.2) is 17.6 Å². The third-order valence-electron chi connectivity index (χ3n) is 4.42. The van der Waals surface area contributed by atoms with Crippen LogP contribution in [0.4, 0.5) is 10.5 Å². The zero-order chi connectivity index (χ0) is 19.8. The molecule has 1 aliphatic rings. The third-order valence-corrected chi connectivity index (χ3v) is 4.75. The first-order valence-corrected chi connectivity index (χ1v) is 8.86. The Morgan fingerprint density at radius 2 is 1.96 bits per heavy atom. The van der Waals surface area contributed by atoms with Crippen molar-refractivity contribution in [2.24, 2.45) is 16.3 Å². The summed E-state index contributed by atoms with van der Waals surface area (Å²) in [6.07, 6.45) is 1.27. The fourth-order valence-corrected chi connectivity index (χ4v) is 3.47. The van der Waals surface area contributed by atoms with Gasteiger partial charge in [0.15, 0.2) is 5.76 Å². The molecule has 3 rings (SSSR count). The maximum Gasteiger partial charge on any atom is 0.332 e. The molecule has 8 heteroatoms. The fourth-order valence-electron chi connectivity index (χ4n) is 3.29. The maximum atomic E-state index is 12.7. The van der Waals surface area contributed by atoms with Crippen LogP contribution in [0.1, 0.15) is 47.7 Å². The Morgan fingerprint density at radius 1 is 1.26 bits per heavy atom. The van der Waals surface area contributed by atoms with Crippen molar-refractivity contribution in [3.05, 3.63) is 51.9 Å². The summed E-state index contributed by atoms with van der Waals surface area (Å²) in [6, 6.07) is 6.23. The SMILES string of the molecule is Cc1c(C(=O)Nc2ccccc2Cl)oc2c1/C(=N\NC(N)=O)CC(C)(C)C2. The van der Waals surface area contributed by atoms with Gasteiger partial charge in [-0.05, 0) is 30.9 Å². The van der Waals surface area contributed by atoms with E-state index in [0.29, 0.717) is 40.6 Å². The van der Waals surface area contributed by atoms with Crippen LogP contribution < -0.4 is 16.5 Å². The fraction of sp³-hybridized carbons (Fsp3) is 0.316. The Kier molecular flexibility index (Phi) is 4.97. The van der Waals surface area contributed by atoms with Gasteiger partial charge < -0.3 is 15.5 Å². The molecule has 0 saturated heterocycles. The van der Waals surface area contributed by atoms with Gasteiger partial charge >= 0.3 is 6.03 Å². The zero-order valence-corrected chi connectivity index (χ0v) is 16.1. The average molecular weight is 389 g/mol. The number of benzene rings is 1. The molecule has 1 aliphatic carbocycles. The van der Waals surface area contributed by atoms with Gasteiger partial charge in [-0.2, -0.15) is 5.10 Å². The van der Waals surface area contributed by atoms with Crippen molar-refractivity contribution in [1.82, 2.24) is 5.43 Å². The minimum Gasteiger partial charge on any atom is -0.455 e. The molecule has 0 fully saturated rings. The van der Waals surface area contributed by atoms with Crippen LogP contribution in [0.3, 0.4) is 0 Å². The van der Waals surface area contributed by atoms with Gasteiger partial charge in [0.1, 0.15) is 5.76 Å². The van der Waals surface area contributed by atoms with Crippen molar-refractivity contribution in [2.75, 3.05) is 5.32 Å². The molecule has 7 nitrogen and oxygen atoms in total. The molecule has 0 aliphatic heterocycles. The molecule has 27 heavy (non-hydrogen) atoms. The van der Waals surface area contributed by atoms with Gasteiger partial charge in [0, 0.05) is 17.5 Å². The van der Waals surface area contributed by atoms with E-state index in [9.17, 15) is 9.59 Å². The Bertz CT molecular complexity index is 946. The van der Waals surface area contributed by atoms with E-state index < -0.39 is 11.9 Å². The smallest absolute Gasteiger partial charge is 0.332 e. The number of urea groups is 1. The normalized spacial score (nSPS) is 16.7. The number of nitrogens with two attached hydrogens (primary N) is 1. The first-order valence-electron chi connectivity index (χ1n) is 8.48. The highest BCUT2D eigenvalue weighted by molar-refractivity contribution is 6.33. The van der Waals surface area contributed by atoms with E-state index in [1.807, 2.05) is 0 Å².